The second-order valence-electron chi connectivity index (χ2n) is 5.27. The minimum atomic E-state index is -0.631. The lowest BCUT2D eigenvalue weighted by atomic mass is 10.1. The molecule has 1 rings (SSSR count). The van der Waals surface area contributed by atoms with Crippen molar-refractivity contribution in [3.05, 3.63) is 24.3 Å². The molecule has 0 fully saturated rings. The maximum atomic E-state index is 11.4. The molecule has 6 nitrogen and oxygen atoms in total. The van der Waals surface area contributed by atoms with E-state index in [2.05, 4.69) is 5.32 Å². The summed E-state index contributed by atoms with van der Waals surface area (Å²) >= 11 is 0. The Morgan fingerprint density at radius 1 is 1.48 bits per heavy atom. The van der Waals surface area contributed by atoms with Crippen LogP contribution in [0.1, 0.15) is 6.92 Å². The number of carbonyl (C=O) groups is 1. The van der Waals surface area contributed by atoms with E-state index < -0.39 is 6.10 Å². The van der Waals surface area contributed by atoms with Gasteiger partial charge in [0.1, 0.15) is 18.5 Å². The highest BCUT2D eigenvalue weighted by molar-refractivity contribution is 5.78. The zero-order valence-corrected chi connectivity index (χ0v) is 12.9. The van der Waals surface area contributed by atoms with Gasteiger partial charge in [0.25, 0.3) is 0 Å². The second-order valence-corrected chi connectivity index (χ2v) is 5.27. The summed E-state index contributed by atoms with van der Waals surface area (Å²) in [7, 11) is 3.48. The Hall–Kier alpha value is -1.79. The molecule has 0 saturated heterocycles. The van der Waals surface area contributed by atoms with Gasteiger partial charge in [-0.05, 0) is 19.2 Å². The van der Waals surface area contributed by atoms with Crippen LogP contribution < -0.4 is 15.8 Å². The molecule has 0 radical (unpaired) electrons. The first kappa shape index (κ1) is 17.3. The van der Waals surface area contributed by atoms with Crippen LogP contribution in [-0.2, 0) is 4.79 Å². The molecule has 0 aliphatic carbocycles. The Labute approximate surface area is 125 Å². The molecule has 2 atom stereocenters. The minimum absolute atomic E-state index is 0.00708. The highest BCUT2D eigenvalue weighted by Gasteiger charge is 2.16. The van der Waals surface area contributed by atoms with E-state index in [1.165, 1.54) is 0 Å². The number of aliphatic hydroxyl groups excluding tert-OH is 1. The van der Waals surface area contributed by atoms with Crippen LogP contribution in [0.3, 0.4) is 0 Å². The fraction of sp³-hybridized carbons (Fsp3) is 0.533. The number of aliphatic hydroxyl groups is 1. The topological polar surface area (TPSA) is 87.8 Å². The number of rotatable bonds is 8. The molecule has 0 aromatic heterocycles. The summed E-state index contributed by atoms with van der Waals surface area (Å²) < 4.78 is 5.49. The van der Waals surface area contributed by atoms with Crippen molar-refractivity contribution < 1.29 is 14.6 Å². The quantitative estimate of drug-likeness (QED) is 0.601. The molecule has 6 heteroatoms. The second kappa shape index (κ2) is 8.49. The summed E-state index contributed by atoms with van der Waals surface area (Å²) in [5.74, 6) is 0.504. The third-order valence-corrected chi connectivity index (χ3v) is 3.10. The average molecular weight is 295 g/mol. The number of ether oxygens (including phenoxy) is 1. The van der Waals surface area contributed by atoms with Gasteiger partial charge in [-0.3, -0.25) is 4.79 Å². The number of hydrogen-bond donors (Lipinski definition) is 3. The molecule has 1 aromatic carbocycles. The van der Waals surface area contributed by atoms with Gasteiger partial charge in [-0.15, -0.1) is 0 Å². The molecule has 0 aliphatic heterocycles. The molecule has 0 bridgehead atoms. The smallest absolute Gasteiger partial charge is 0.223 e. The summed E-state index contributed by atoms with van der Waals surface area (Å²) in [5, 5.41) is 12.6. The molecule has 1 amide bonds. The van der Waals surface area contributed by atoms with Crippen molar-refractivity contribution in [1.82, 2.24) is 10.2 Å². The number of amides is 1. The Bertz CT molecular complexity index is 454. The molecule has 0 saturated carbocycles. The standard InChI is InChI=1S/C15H25N3O3/c1-11(15(20)17-2)8-18(3)9-13(19)10-21-14-6-4-5-12(16)7-14/h4-7,11,13,19H,8-10,16H2,1-3H3,(H,17,20). The van der Waals surface area contributed by atoms with Crippen molar-refractivity contribution in [1.29, 1.82) is 0 Å². The number of nitrogens with one attached hydrogen (secondary N) is 1. The lowest BCUT2D eigenvalue weighted by Crippen LogP contribution is -2.39. The number of carbonyl (C=O) groups excluding carboxylic acids is 1. The Morgan fingerprint density at radius 2 is 2.19 bits per heavy atom. The van der Waals surface area contributed by atoms with Gasteiger partial charge in [0.15, 0.2) is 0 Å². The van der Waals surface area contributed by atoms with E-state index in [1.807, 2.05) is 18.9 Å². The van der Waals surface area contributed by atoms with Gasteiger partial charge in [-0.2, -0.15) is 0 Å². The number of nitrogens with two attached hydrogens (primary N) is 1. The first-order valence-corrected chi connectivity index (χ1v) is 6.99. The average Bonchev–Trinajstić information content (AvgIpc) is 2.44. The number of benzene rings is 1. The molecule has 2 unspecified atom stereocenters. The highest BCUT2D eigenvalue weighted by atomic mass is 16.5. The molecule has 118 valence electrons. The predicted octanol–water partition coefficient (Wildman–Crippen LogP) is 0.322. The largest absolute Gasteiger partial charge is 0.491 e. The van der Waals surface area contributed by atoms with Crippen LogP contribution in [-0.4, -0.2) is 55.8 Å². The molecule has 21 heavy (non-hydrogen) atoms. The maximum Gasteiger partial charge on any atom is 0.223 e. The summed E-state index contributed by atoms with van der Waals surface area (Å²) in [5.41, 5.74) is 6.28. The first-order valence-electron chi connectivity index (χ1n) is 6.99. The molecule has 0 aliphatic rings. The fourth-order valence-corrected chi connectivity index (χ4v) is 2.08. The van der Waals surface area contributed by atoms with E-state index in [0.29, 0.717) is 24.5 Å². The third-order valence-electron chi connectivity index (χ3n) is 3.10. The lowest BCUT2D eigenvalue weighted by Gasteiger charge is -2.23. The van der Waals surface area contributed by atoms with Gasteiger partial charge in [0, 0.05) is 37.8 Å². The fourth-order valence-electron chi connectivity index (χ4n) is 2.08. The number of hydrogen-bond acceptors (Lipinski definition) is 5. The number of likely N-dealkylation sites (N-methyl/N-ethyl adjacent to an activating group) is 1. The summed E-state index contributed by atoms with van der Waals surface area (Å²) in [6.45, 7) is 3.05. The molecule has 0 spiro atoms. The number of anilines is 1. The van der Waals surface area contributed by atoms with Gasteiger partial charge >= 0.3 is 0 Å². The molecular formula is C15H25N3O3. The lowest BCUT2D eigenvalue weighted by molar-refractivity contribution is -0.124. The van der Waals surface area contributed by atoms with Crippen molar-refractivity contribution in [2.75, 3.05) is 39.5 Å². The van der Waals surface area contributed by atoms with E-state index in [9.17, 15) is 9.90 Å². The van der Waals surface area contributed by atoms with Crippen LogP contribution in [0.5, 0.6) is 5.75 Å². The van der Waals surface area contributed by atoms with Crippen LogP contribution in [0, 0.1) is 5.92 Å². The summed E-state index contributed by atoms with van der Waals surface area (Å²) in [6, 6.07) is 7.08. The van der Waals surface area contributed by atoms with E-state index in [4.69, 9.17) is 10.5 Å². The Kier molecular flexibility index (Phi) is 6.98. The van der Waals surface area contributed by atoms with Crippen molar-refractivity contribution in [2.24, 2.45) is 5.92 Å². The van der Waals surface area contributed by atoms with Crippen LogP contribution in [0.15, 0.2) is 24.3 Å². The third kappa shape index (κ3) is 6.46. The molecular weight excluding hydrogens is 270 g/mol. The number of nitrogen functional groups attached to an aromatic ring is 1. The van der Waals surface area contributed by atoms with E-state index >= 15 is 0 Å². The van der Waals surface area contributed by atoms with Crippen LogP contribution in [0.4, 0.5) is 5.69 Å². The monoisotopic (exact) mass is 295 g/mol. The first-order chi connectivity index (χ1) is 9.92. The van der Waals surface area contributed by atoms with E-state index in [0.717, 1.165) is 0 Å². The van der Waals surface area contributed by atoms with Gasteiger partial charge in [-0.25, -0.2) is 0 Å². The predicted molar refractivity (Wildman–Crippen MR) is 83.1 cm³/mol. The maximum absolute atomic E-state index is 11.4. The van der Waals surface area contributed by atoms with Crippen LogP contribution in [0.2, 0.25) is 0 Å². The molecule has 1 aromatic rings. The summed E-state index contributed by atoms with van der Waals surface area (Å²) in [6.07, 6.45) is -0.631. The highest BCUT2D eigenvalue weighted by Crippen LogP contribution is 2.14. The zero-order chi connectivity index (χ0) is 15.8. The van der Waals surface area contributed by atoms with Gasteiger partial charge in [0.05, 0.1) is 0 Å². The van der Waals surface area contributed by atoms with Crippen molar-refractivity contribution in [2.45, 2.75) is 13.0 Å². The normalized spacial score (nSPS) is 13.8. The molecule has 4 N–H and O–H groups in total. The number of nitrogens with zero attached hydrogens (tertiary/aromatic N) is 1. The van der Waals surface area contributed by atoms with Crippen LogP contribution in [0.25, 0.3) is 0 Å². The SMILES string of the molecule is CNC(=O)C(C)CN(C)CC(O)COc1cccc(N)c1. The summed E-state index contributed by atoms with van der Waals surface area (Å²) in [4.78, 5) is 13.3. The van der Waals surface area contributed by atoms with Gasteiger partial charge in [-0.1, -0.05) is 13.0 Å². The molecule has 0 heterocycles. The Morgan fingerprint density at radius 3 is 2.81 bits per heavy atom. The van der Waals surface area contributed by atoms with E-state index in [1.54, 1.807) is 31.3 Å². The van der Waals surface area contributed by atoms with Crippen LogP contribution >= 0.6 is 0 Å². The van der Waals surface area contributed by atoms with E-state index in [-0.39, 0.29) is 18.4 Å². The Balaban J connectivity index is 2.32. The minimum Gasteiger partial charge on any atom is -0.491 e. The van der Waals surface area contributed by atoms with Crippen molar-refractivity contribution >= 4 is 11.6 Å². The zero-order valence-electron chi connectivity index (χ0n) is 12.9. The van der Waals surface area contributed by atoms with Gasteiger partial charge < -0.3 is 25.8 Å². The van der Waals surface area contributed by atoms with Crippen molar-refractivity contribution in [3.63, 3.8) is 0 Å². The van der Waals surface area contributed by atoms with Gasteiger partial charge in [0.2, 0.25) is 5.91 Å². The van der Waals surface area contributed by atoms with Crippen molar-refractivity contribution in [3.8, 4) is 5.75 Å².